The van der Waals surface area contributed by atoms with Crippen molar-refractivity contribution in [3.63, 3.8) is 0 Å². The van der Waals surface area contributed by atoms with Gasteiger partial charge in [-0.3, -0.25) is 4.79 Å². The van der Waals surface area contributed by atoms with Crippen molar-refractivity contribution in [2.45, 2.75) is 19.9 Å². The van der Waals surface area contributed by atoms with Gasteiger partial charge in [0, 0.05) is 13.6 Å². The molecule has 1 atom stereocenters. The molecule has 0 bridgehead atoms. The summed E-state index contributed by atoms with van der Waals surface area (Å²) in [6.07, 6.45) is 0.614. The van der Waals surface area contributed by atoms with Crippen LogP contribution < -0.4 is 0 Å². The predicted molar refractivity (Wildman–Crippen MR) is 63.7 cm³/mol. The number of aliphatic hydroxyl groups excluding tert-OH is 1. The first-order valence-electron chi connectivity index (χ1n) is 5.68. The Hall–Kier alpha value is -1.42. The van der Waals surface area contributed by atoms with Crippen LogP contribution in [0.3, 0.4) is 0 Å². The van der Waals surface area contributed by atoms with Gasteiger partial charge < -0.3 is 10.0 Å². The van der Waals surface area contributed by atoms with Crippen LogP contribution in [0.2, 0.25) is 0 Å². The molecule has 0 aromatic heterocycles. The fourth-order valence-corrected chi connectivity index (χ4v) is 1.64. The number of nitrogens with zero attached hydrogens (tertiary/aromatic N) is 1. The Balaban J connectivity index is 2.62. The van der Waals surface area contributed by atoms with Crippen LogP contribution in [0.15, 0.2) is 24.3 Å². The molecule has 1 unspecified atom stereocenters. The molecule has 0 radical (unpaired) electrons. The molecule has 1 aromatic carbocycles. The summed E-state index contributed by atoms with van der Waals surface area (Å²) in [5.74, 6) is -0.718. The van der Waals surface area contributed by atoms with E-state index in [4.69, 9.17) is 5.11 Å². The van der Waals surface area contributed by atoms with Gasteiger partial charge in [-0.15, -0.1) is 0 Å². The number of carbonyl (C=O) groups excluding carboxylic acids is 1. The van der Waals surface area contributed by atoms with E-state index >= 15 is 0 Å². The van der Waals surface area contributed by atoms with Crippen molar-refractivity contribution < 1.29 is 14.3 Å². The standard InChI is InChI=1S/C13H18FNO2/c1-3-11(9-16)13(17)15(2)8-10-4-6-12(14)7-5-10/h4-7,11,16H,3,8-9H2,1-2H3. The molecule has 1 amide bonds. The number of hydrogen-bond acceptors (Lipinski definition) is 2. The molecule has 17 heavy (non-hydrogen) atoms. The van der Waals surface area contributed by atoms with Crippen LogP contribution in [0.5, 0.6) is 0 Å². The van der Waals surface area contributed by atoms with Crippen molar-refractivity contribution in [1.29, 1.82) is 0 Å². The third kappa shape index (κ3) is 3.82. The zero-order chi connectivity index (χ0) is 12.8. The van der Waals surface area contributed by atoms with Gasteiger partial charge in [0.15, 0.2) is 0 Å². The second-order valence-corrected chi connectivity index (χ2v) is 4.11. The van der Waals surface area contributed by atoms with Gasteiger partial charge in [-0.2, -0.15) is 0 Å². The van der Waals surface area contributed by atoms with Gasteiger partial charge in [0.05, 0.1) is 12.5 Å². The maximum absolute atomic E-state index is 12.7. The van der Waals surface area contributed by atoms with Crippen molar-refractivity contribution >= 4 is 5.91 Å². The molecule has 0 saturated carbocycles. The molecular weight excluding hydrogens is 221 g/mol. The van der Waals surface area contributed by atoms with E-state index in [-0.39, 0.29) is 24.2 Å². The van der Waals surface area contributed by atoms with Crippen LogP contribution in [-0.2, 0) is 11.3 Å². The summed E-state index contributed by atoms with van der Waals surface area (Å²) in [7, 11) is 1.68. The van der Waals surface area contributed by atoms with Gasteiger partial charge >= 0.3 is 0 Å². The molecular formula is C13H18FNO2. The lowest BCUT2D eigenvalue weighted by molar-refractivity contribution is -0.136. The van der Waals surface area contributed by atoms with E-state index in [0.717, 1.165) is 5.56 Å². The Bertz CT molecular complexity index is 360. The summed E-state index contributed by atoms with van der Waals surface area (Å²) in [6.45, 7) is 2.16. The van der Waals surface area contributed by atoms with Crippen molar-refractivity contribution in [2.75, 3.05) is 13.7 Å². The molecule has 0 saturated heterocycles. The molecule has 0 fully saturated rings. The Kier molecular flexibility index (Phi) is 5.10. The quantitative estimate of drug-likeness (QED) is 0.851. The Morgan fingerprint density at radius 1 is 1.41 bits per heavy atom. The second-order valence-electron chi connectivity index (χ2n) is 4.11. The van der Waals surface area contributed by atoms with E-state index in [1.807, 2.05) is 6.92 Å². The molecule has 3 nitrogen and oxygen atoms in total. The largest absolute Gasteiger partial charge is 0.396 e. The first-order chi connectivity index (χ1) is 8.08. The van der Waals surface area contributed by atoms with E-state index in [9.17, 15) is 9.18 Å². The molecule has 0 spiro atoms. The summed E-state index contributed by atoms with van der Waals surface area (Å²) in [4.78, 5) is 13.4. The van der Waals surface area contributed by atoms with Crippen LogP contribution >= 0.6 is 0 Å². The highest BCUT2D eigenvalue weighted by molar-refractivity contribution is 5.78. The normalized spacial score (nSPS) is 12.2. The Labute approximate surface area is 101 Å². The van der Waals surface area contributed by atoms with Gasteiger partial charge in [0.25, 0.3) is 0 Å². The Morgan fingerprint density at radius 2 is 2.00 bits per heavy atom. The van der Waals surface area contributed by atoms with Crippen molar-refractivity contribution in [1.82, 2.24) is 4.90 Å². The van der Waals surface area contributed by atoms with Gasteiger partial charge in [0.2, 0.25) is 5.91 Å². The van der Waals surface area contributed by atoms with Crippen molar-refractivity contribution in [3.05, 3.63) is 35.6 Å². The summed E-state index contributed by atoms with van der Waals surface area (Å²) >= 11 is 0. The number of hydrogen-bond donors (Lipinski definition) is 1. The highest BCUT2D eigenvalue weighted by atomic mass is 19.1. The van der Waals surface area contributed by atoms with Crippen molar-refractivity contribution in [2.24, 2.45) is 5.92 Å². The highest BCUT2D eigenvalue weighted by Crippen LogP contribution is 2.10. The lowest BCUT2D eigenvalue weighted by Gasteiger charge is -2.21. The lowest BCUT2D eigenvalue weighted by atomic mass is 10.1. The van der Waals surface area contributed by atoms with E-state index in [1.54, 1.807) is 24.1 Å². The third-order valence-corrected chi connectivity index (χ3v) is 2.77. The zero-order valence-corrected chi connectivity index (χ0v) is 10.2. The zero-order valence-electron chi connectivity index (χ0n) is 10.2. The Morgan fingerprint density at radius 3 is 2.47 bits per heavy atom. The summed E-state index contributed by atoms with van der Waals surface area (Å²) in [6, 6.07) is 6.05. The van der Waals surface area contributed by atoms with Gasteiger partial charge in [-0.05, 0) is 24.1 Å². The summed E-state index contributed by atoms with van der Waals surface area (Å²) < 4.78 is 12.7. The van der Waals surface area contributed by atoms with E-state index in [1.165, 1.54) is 12.1 Å². The monoisotopic (exact) mass is 239 g/mol. The number of aliphatic hydroxyl groups is 1. The van der Waals surface area contributed by atoms with Crippen LogP contribution in [0.25, 0.3) is 0 Å². The number of halogens is 1. The lowest BCUT2D eigenvalue weighted by Crippen LogP contribution is -2.33. The second kappa shape index (κ2) is 6.35. The highest BCUT2D eigenvalue weighted by Gasteiger charge is 2.19. The molecule has 94 valence electrons. The van der Waals surface area contributed by atoms with Crippen LogP contribution in [-0.4, -0.2) is 29.6 Å². The first kappa shape index (κ1) is 13.6. The fourth-order valence-electron chi connectivity index (χ4n) is 1.64. The van der Waals surface area contributed by atoms with Crippen LogP contribution in [0, 0.1) is 11.7 Å². The average molecular weight is 239 g/mol. The van der Waals surface area contributed by atoms with Gasteiger partial charge in [0.1, 0.15) is 5.82 Å². The first-order valence-corrected chi connectivity index (χ1v) is 5.68. The number of benzene rings is 1. The van der Waals surface area contributed by atoms with E-state index in [2.05, 4.69) is 0 Å². The maximum Gasteiger partial charge on any atom is 0.228 e. The minimum absolute atomic E-state index is 0.0840. The molecule has 0 aliphatic heterocycles. The molecule has 1 rings (SSSR count). The van der Waals surface area contributed by atoms with Gasteiger partial charge in [-0.1, -0.05) is 19.1 Å². The van der Waals surface area contributed by atoms with E-state index in [0.29, 0.717) is 13.0 Å². The topological polar surface area (TPSA) is 40.5 Å². The minimum atomic E-state index is -0.347. The fraction of sp³-hybridized carbons (Fsp3) is 0.462. The maximum atomic E-state index is 12.7. The molecule has 4 heteroatoms. The van der Waals surface area contributed by atoms with Crippen LogP contribution in [0.1, 0.15) is 18.9 Å². The SMILES string of the molecule is CCC(CO)C(=O)N(C)Cc1ccc(F)cc1. The van der Waals surface area contributed by atoms with E-state index < -0.39 is 0 Å². The minimum Gasteiger partial charge on any atom is -0.396 e. The van der Waals surface area contributed by atoms with Crippen LogP contribution in [0.4, 0.5) is 4.39 Å². The van der Waals surface area contributed by atoms with Crippen molar-refractivity contribution in [3.8, 4) is 0 Å². The third-order valence-electron chi connectivity index (χ3n) is 2.77. The predicted octanol–water partition coefficient (Wildman–Crippen LogP) is 1.80. The average Bonchev–Trinajstić information content (AvgIpc) is 2.33. The summed E-state index contributed by atoms with van der Waals surface area (Å²) in [5, 5.41) is 9.05. The molecule has 1 N–H and O–H groups in total. The summed E-state index contributed by atoms with van der Waals surface area (Å²) in [5.41, 5.74) is 0.870. The number of carbonyl (C=O) groups is 1. The number of amides is 1. The van der Waals surface area contributed by atoms with Gasteiger partial charge in [-0.25, -0.2) is 4.39 Å². The smallest absolute Gasteiger partial charge is 0.228 e. The molecule has 0 aliphatic rings. The molecule has 0 heterocycles. The molecule has 0 aliphatic carbocycles. The number of rotatable bonds is 5. The molecule has 1 aromatic rings.